The van der Waals surface area contributed by atoms with Crippen molar-refractivity contribution in [2.75, 3.05) is 0 Å². The molecule has 49 heavy (non-hydrogen) atoms. The van der Waals surface area contributed by atoms with Gasteiger partial charge in [-0.2, -0.15) is 0 Å². The molecule has 1 aliphatic rings. The number of benzene rings is 9. The highest BCUT2D eigenvalue weighted by atomic mass is 32.2. The van der Waals surface area contributed by atoms with E-state index in [1.54, 1.807) is 0 Å². The first-order chi connectivity index (χ1) is 24.3. The van der Waals surface area contributed by atoms with Gasteiger partial charge in [-0.05, 0) is 106 Å². The van der Waals surface area contributed by atoms with Gasteiger partial charge in [-0.3, -0.25) is 0 Å². The zero-order valence-electron chi connectivity index (χ0n) is 27.1. The third-order valence-corrected chi connectivity index (χ3v) is 12.4. The molecule has 0 aliphatic carbocycles. The van der Waals surface area contributed by atoms with Gasteiger partial charge in [-0.1, -0.05) is 164 Å². The van der Waals surface area contributed by atoms with Crippen LogP contribution in [0, 0.1) is 0 Å². The molecule has 0 radical (unpaired) electrons. The van der Waals surface area contributed by atoms with Crippen molar-refractivity contribution >= 4 is 65.6 Å². The molecule has 1 heteroatoms. The summed E-state index contributed by atoms with van der Waals surface area (Å²) in [5.41, 5.74) is 8.06. The summed E-state index contributed by atoms with van der Waals surface area (Å²) in [5, 5.41) is 14.1. The highest BCUT2D eigenvalue weighted by Crippen LogP contribution is 2.53. The van der Waals surface area contributed by atoms with Gasteiger partial charge in [0.05, 0.1) is 0 Å². The van der Waals surface area contributed by atoms with E-state index in [1.807, 2.05) is 0 Å². The van der Waals surface area contributed by atoms with Crippen molar-refractivity contribution in [1.82, 2.24) is 0 Å². The molecule has 9 aromatic rings. The van der Waals surface area contributed by atoms with Crippen LogP contribution in [0.4, 0.5) is 0 Å². The van der Waals surface area contributed by atoms with Gasteiger partial charge in [0.15, 0.2) is 0 Å². The van der Waals surface area contributed by atoms with Crippen LogP contribution < -0.4 is 0 Å². The van der Waals surface area contributed by atoms with Crippen molar-refractivity contribution in [2.45, 2.75) is 23.3 Å². The Hall–Kier alpha value is -5.37. The number of thioether (sulfide) groups is 1. The van der Waals surface area contributed by atoms with Crippen LogP contribution >= 0.6 is 11.8 Å². The zero-order chi connectivity index (χ0) is 32.3. The Kier molecular flexibility index (Phi) is 6.81. The Morgan fingerprint density at radius 2 is 0.673 bits per heavy atom. The van der Waals surface area contributed by atoms with E-state index < -0.39 is 0 Å². The predicted molar refractivity (Wildman–Crippen MR) is 214 cm³/mol. The Morgan fingerprint density at radius 3 is 1.18 bits per heavy atom. The lowest BCUT2D eigenvalue weighted by Crippen LogP contribution is -1.92. The molecule has 2 atom stereocenters. The summed E-state index contributed by atoms with van der Waals surface area (Å²) in [4.78, 5) is 0. The molecular weight excluding hydrogens is 609 g/mol. The zero-order valence-corrected chi connectivity index (χ0v) is 28.0. The van der Waals surface area contributed by atoms with Gasteiger partial charge in [0.2, 0.25) is 0 Å². The molecule has 10 rings (SSSR count). The van der Waals surface area contributed by atoms with Crippen molar-refractivity contribution in [1.29, 1.82) is 0 Å². The smallest absolute Gasteiger partial charge is 0.0303 e. The van der Waals surface area contributed by atoms with Gasteiger partial charge in [0.1, 0.15) is 0 Å². The Balaban J connectivity index is 1.13. The van der Waals surface area contributed by atoms with E-state index in [2.05, 4.69) is 182 Å². The minimum atomic E-state index is 0.538. The van der Waals surface area contributed by atoms with Crippen molar-refractivity contribution in [3.05, 3.63) is 181 Å². The standard InChI is InChI=1S/C48H34S/c1-2-12-31(13-3-1)45-28-29-46(49-45)32-22-24-33(25-23-32)47-40-18-8-10-20-42(40)48(43-21-11-9-19-41(43)47)34-26-27-39-37-16-5-4-14-35(37)36-15-6-7-17-38(36)44(39)30-34/h1-27,30,45-46H,28-29H2. The molecular formula is C48H34S. The third kappa shape index (κ3) is 4.68. The van der Waals surface area contributed by atoms with Crippen LogP contribution in [0.3, 0.4) is 0 Å². The molecule has 2 unspecified atom stereocenters. The fourth-order valence-electron chi connectivity index (χ4n) is 8.47. The number of hydrogen-bond donors (Lipinski definition) is 0. The van der Waals surface area contributed by atoms with E-state index in [0.29, 0.717) is 10.5 Å². The lowest BCUT2D eigenvalue weighted by molar-refractivity contribution is 0.765. The Bertz CT molecular complexity index is 2600. The number of rotatable bonds is 4. The van der Waals surface area contributed by atoms with E-state index in [-0.39, 0.29) is 0 Å². The SMILES string of the molecule is c1ccc(C2CCC(c3ccc(-c4c5ccccc5c(-c5ccc6c7ccccc7c7ccccc7c6c5)c5ccccc45)cc3)S2)cc1. The first kappa shape index (κ1) is 28.6. The highest BCUT2D eigenvalue weighted by Gasteiger charge is 2.27. The molecule has 0 N–H and O–H groups in total. The lowest BCUT2D eigenvalue weighted by Gasteiger charge is -2.19. The summed E-state index contributed by atoms with van der Waals surface area (Å²) in [5.74, 6) is 0. The first-order valence-electron chi connectivity index (χ1n) is 17.4. The van der Waals surface area contributed by atoms with Crippen molar-refractivity contribution < 1.29 is 0 Å². The summed E-state index contributed by atoms with van der Waals surface area (Å²) in [6.45, 7) is 0. The highest BCUT2D eigenvalue weighted by molar-refractivity contribution is 8.00. The van der Waals surface area contributed by atoms with Crippen LogP contribution in [-0.4, -0.2) is 0 Å². The van der Waals surface area contributed by atoms with Crippen LogP contribution in [0.25, 0.3) is 76.1 Å². The maximum absolute atomic E-state index is 2.44. The van der Waals surface area contributed by atoms with Gasteiger partial charge in [-0.25, -0.2) is 0 Å². The number of fused-ring (bicyclic) bond motifs is 8. The fraction of sp³-hybridized carbons (Fsp3) is 0.0833. The maximum atomic E-state index is 2.44. The molecule has 0 saturated carbocycles. The topological polar surface area (TPSA) is 0 Å². The average molecular weight is 643 g/mol. The van der Waals surface area contributed by atoms with E-state index in [4.69, 9.17) is 0 Å². The van der Waals surface area contributed by atoms with E-state index in [9.17, 15) is 0 Å². The molecule has 0 spiro atoms. The van der Waals surface area contributed by atoms with Crippen LogP contribution in [0.1, 0.15) is 34.5 Å². The lowest BCUT2D eigenvalue weighted by atomic mass is 9.84. The van der Waals surface area contributed by atoms with Crippen molar-refractivity contribution in [3.63, 3.8) is 0 Å². The van der Waals surface area contributed by atoms with Gasteiger partial charge < -0.3 is 0 Å². The summed E-state index contributed by atoms with van der Waals surface area (Å²) >= 11 is 2.12. The van der Waals surface area contributed by atoms with Crippen molar-refractivity contribution in [2.24, 2.45) is 0 Å². The second kappa shape index (κ2) is 11.7. The quantitative estimate of drug-likeness (QED) is 0.136. The van der Waals surface area contributed by atoms with Crippen LogP contribution in [-0.2, 0) is 0 Å². The summed E-state index contributed by atoms with van der Waals surface area (Å²) < 4.78 is 0. The predicted octanol–water partition coefficient (Wildman–Crippen LogP) is 14.1. The van der Waals surface area contributed by atoms with Crippen molar-refractivity contribution in [3.8, 4) is 22.3 Å². The molecule has 1 heterocycles. The molecule has 0 amide bonds. The molecule has 1 saturated heterocycles. The van der Waals surface area contributed by atoms with Crippen LogP contribution in [0.15, 0.2) is 170 Å². The minimum absolute atomic E-state index is 0.538. The second-order valence-corrected chi connectivity index (χ2v) is 14.8. The Morgan fingerprint density at radius 1 is 0.306 bits per heavy atom. The van der Waals surface area contributed by atoms with E-state index in [0.717, 1.165) is 0 Å². The summed E-state index contributed by atoms with van der Waals surface area (Å²) in [7, 11) is 0. The monoisotopic (exact) mass is 642 g/mol. The summed E-state index contributed by atoms with van der Waals surface area (Å²) in [6, 6.07) is 63.4. The van der Waals surface area contributed by atoms with E-state index in [1.165, 1.54) is 100 Å². The summed E-state index contributed by atoms with van der Waals surface area (Å²) in [6.07, 6.45) is 2.46. The molecule has 1 fully saturated rings. The molecule has 232 valence electrons. The van der Waals surface area contributed by atoms with Gasteiger partial charge in [-0.15, -0.1) is 11.8 Å². The number of hydrogen-bond acceptors (Lipinski definition) is 1. The molecule has 0 aromatic heterocycles. The van der Waals surface area contributed by atoms with Gasteiger partial charge >= 0.3 is 0 Å². The largest absolute Gasteiger partial charge is 0.146 e. The molecule has 1 aliphatic heterocycles. The minimum Gasteiger partial charge on any atom is -0.146 e. The Labute approximate surface area is 291 Å². The second-order valence-electron chi connectivity index (χ2n) is 13.4. The molecule has 9 aromatic carbocycles. The van der Waals surface area contributed by atoms with Gasteiger partial charge in [0, 0.05) is 10.5 Å². The molecule has 0 bridgehead atoms. The van der Waals surface area contributed by atoms with Crippen LogP contribution in [0.2, 0.25) is 0 Å². The third-order valence-electron chi connectivity index (χ3n) is 10.7. The normalized spacial score (nSPS) is 16.3. The van der Waals surface area contributed by atoms with Gasteiger partial charge in [0.25, 0.3) is 0 Å². The first-order valence-corrected chi connectivity index (χ1v) is 18.3. The maximum Gasteiger partial charge on any atom is 0.0303 e. The average Bonchev–Trinajstić information content (AvgIpc) is 3.68. The van der Waals surface area contributed by atoms with E-state index >= 15 is 0 Å². The fourth-order valence-corrected chi connectivity index (χ4v) is 10.0. The molecule has 0 nitrogen and oxygen atoms in total. The van der Waals surface area contributed by atoms with Crippen LogP contribution in [0.5, 0.6) is 0 Å².